The van der Waals surface area contributed by atoms with E-state index in [4.69, 9.17) is 9.72 Å². The number of amides is 1. The number of nitrogens with one attached hydrogen (secondary N) is 1. The maximum Gasteiger partial charge on any atom is 0.263 e. The minimum atomic E-state index is -0.416. The molecule has 1 amide bonds. The molecule has 0 saturated heterocycles. The topological polar surface area (TPSA) is 73.2 Å². The van der Waals surface area contributed by atoms with E-state index < -0.39 is 5.25 Å². The van der Waals surface area contributed by atoms with Crippen LogP contribution in [0.1, 0.15) is 17.4 Å². The Balaban J connectivity index is 1.92. The van der Waals surface area contributed by atoms with Crippen LogP contribution in [0.5, 0.6) is 0 Å². The van der Waals surface area contributed by atoms with Crippen LogP contribution >= 0.6 is 23.1 Å². The van der Waals surface area contributed by atoms with Gasteiger partial charge in [0.2, 0.25) is 5.91 Å². The van der Waals surface area contributed by atoms with E-state index in [0.717, 1.165) is 16.1 Å². The minimum absolute atomic E-state index is 0.0814. The lowest BCUT2D eigenvalue weighted by molar-refractivity contribution is -0.115. The van der Waals surface area contributed by atoms with E-state index in [1.165, 1.54) is 23.1 Å². The van der Waals surface area contributed by atoms with Crippen LogP contribution in [-0.4, -0.2) is 34.4 Å². The Morgan fingerprint density at radius 2 is 2.04 bits per heavy atom. The SMILES string of the molecule is COCCn1c(S[C@@H](C)C(=O)Nc2ccccc2)nc2sc(C)c(C)c2c1=O. The molecular formula is C20H23N3O3S2. The molecule has 6 nitrogen and oxygen atoms in total. The molecular weight excluding hydrogens is 394 g/mol. The van der Waals surface area contributed by atoms with Crippen molar-refractivity contribution in [3.8, 4) is 0 Å². The molecule has 3 rings (SSSR count). The number of aromatic nitrogens is 2. The van der Waals surface area contributed by atoms with Crippen LogP contribution < -0.4 is 10.9 Å². The largest absolute Gasteiger partial charge is 0.383 e. The number of ether oxygens (including phenoxy) is 1. The standard InChI is InChI=1S/C20H23N3O3S2/c1-12-13(2)27-18-16(12)19(25)23(10-11-26-4)20(22-18)28-14(3)17(24)21-15-8-6-5-7-9-15/h5-9,14H,10-11H2,1-4H3,(H,21,24)/t14-/m0/s1. The second kappa shape index (κ2) is 8.89. The van der Waals surface area contributed by atoms with Gasteiger partial charge in [0.05, 0.1) is 23.8 Å². The smallest absolute Gasteiger partial charge is 0.263 e. The third-order valence-electron chi connectivity index (χ3n) is 4.47. The predicted octanol–water partition coefficient (Wildman–Crippen LogP) is 3.84. The monoisotopic (exact) mass is 417 g/mol. The van der Waals surface area contributed by atoms with Gasteiger partial charge in [-0.25, -0.2) is 4.98 Å². The van der Waals surface area contributed by atoms with Gasteiger partial charge in [0.1, 0.15) is 4.83 Å². The first-order valence-corrected chi connectivity index (χ1v) is 10.6. The van der Waals surface area contributed by atoms with Crippen LogP contribution in [-0.2, 0) is 16.1 Å². The van der Waals surface area contributed by atoms with Crippen LogP contribution in [0.15, 0.2) is 40.3 Å². The van der Waals surface area contributed by atoms with Gasteiger partial charge in [0.25, 0.3) is 5.56 Å². The maximum atomic E-state index is 13.1. The fourth-order valence-electron chi connectivity index (χ4n) is 2.76. The summed E-state index contributed by atoms with van der Waals surface area (Å²) >= 11 is 2.79. The number of aryl methyl sites for hydroxylation is 2. The van der Waals surface area contributed by atoms with Crippen molar-refractivity contribution in [1.82, 2.24) is 9.55 Å². The molecule has 2 aromatic heterocycles. The number of fused-ring (bicyclic) bond motifs is 1. The number of hydrogen-bond acceptors (Lipinski definition) is 6. The van der Waals surface area contributed by atoms with Gasteiger partial charge >= 0.3 is 0 Å². The molecule has 0 saturated carbocycles. The zero-order valence-electron chi connectivity index (χ0n) is 16.3. The molecule has 1 N–H and O–H groups in total. The van der Waals surface area contributed by atoms with Gasteiger partial charge in [-0.3, -0.25) is 14.2 Å². The van der Waals surface area contributed by atoms with Crippen molar-refractivity contribution in [2.45, 2.75) is 37.7 Å². The zero-order valence-corrected chi connectivity index (χ0v) is 17.9. The summed E-state index contributed by atoms with van der Waals surface area (Å²) in [7, 11) is 1.60. The number of nitrogens with zero attached hydrogens (tertiary/aromatic N) is 2. The first kappa shape index (κ1) is 20.6. The summed E-state index contributed by atoms with van der Waals surface area (Å²) in [6, 6.07) is 9.31. The number of hydrogen-bond donors (Lipinski definition) is 1. The molecule has 0 aliphatic heterocycles. The highest BCUT2D eigenvalue weighted by molar-refractivity contribution is 8.00. The number of anilines is 1. The van der Waals surface area contributed by atoms with Crippen molar-refractivity contribution in [3.05, 3.63) is 51.1 Å². The number of methoxy groups -OCH3 is 1. The highest BCUT2D eigenvalue weighted by Gasteiger charge is 2.21. The lowest BCUT2D eigenvalue weighted by Crippen LogP contribution is -2.28. The predicted molar refractivity (Wildman–Crippen MR) is 116 cm³/mol. The molecule has 0 spiro atoms. The summed E-state index contributed by atoms with van der Waals surface area (Å²) in [4.78, 5) is 32.2. The summed E-state index contributed by atoms with van der Waals surface area (Å²) < 4.78 is 6.77. The van der Waals surface area contributed by atoms with E-state index in [-0.39, 0.29) is 11.5 Å². The van der Waals surface area contributed by atoms with Crippen molar-refractivity contribution in [3.63, 3.8) is 0 Å². The minimum Gasteiger partial charge on any atom is -0.383 e. The highest BCUT2D eigenvalue weighted by atomic mass is 32.2. The fourth-order valence-corrected chi connectivity index (χ4v) is 4.76. The lowest BCUT2D eigenvalue weighted by atomic mass is 10.2. The Hall–Kier alpha value is -2.16. The lowest BCUT2D eigenvalue weighted by Gasteiger charge is -2.15. The summed E-state index contributed by atoms with van der Waals surface area (Å²) in [5.74, 6) is -0.137. The van der Waals surface area contributed by atoms with Crippen molar-refractivity contribution >= 4 is 44.9 Å². The highest BCUT2D eigenvalue weighted by Crippen LogP contribution is 2.30. The molecule has 8 heteroatoms. The molecule has 0 aliphatic carbocycles. The quantitative estimate of drug-likeness (QED) is 0.467. The zero-order chi connectivity index (χ0) is 20.3. The van der Waals surface area contributed by atoms with E-state index in [1.54, 1.807) is 11.7 Å². The van der Waals surface area contributed by atoms with E-state index in [0.29, 0.717) is 28.5 Å². The van der Waals surface area contributed by atoms with Gasteiger partial charge < -0.3 is 10.1 Å². The van der Waals surface area contributed by atoms with Gasteiger partial charge in [0, 0.05) is 17.7 Å². The summed E-state index contributed by atoms with van der Waals surface area (Å²) in [5, 5.41) is 3.67. The fraction of sp³-hybridized carbons (Fsp3) is 0.350. The summed E-state index contributed by atoms with van der Waals surface area (Å²) in [6.07, 6.45) is 0. The molecule has 28 heavy (non-hydrogen) atoms. The number of para-hydroxylation sites is 1. The summed E-state index contributed by atoms with van der Waals surface area (Å²) in [6.45, 7) is 6.53. The average Bonchev–Trinajstić information content (AvgIpc) is 2.96. The van der Waals surface area contributed by atoms with Crippen LogP contribution in [0.25, 0.3) is 10.2 Å². The van der Waals surface area contributed by atoms with E-state index in [2.05, 4.69) is 5.32 Å². The second-order valence-corrected chi connectivity index (χ2v) is 8.93. The normalized spacial score (nSPS) is 12.3. The van der Waals surface area contributed by atoms with Crippen molar-refractivity contribution in [1.29, 1.82) is 0 Å². The Morgan fingerprint density at radius 3 is 2.71 bits per heavy atom. The molecule has 0 aliphatic rings. The maximum absolute atomic E-state index is 13.1. The van der Waals surface area contributed by atoms with Crippen molar-refractivity contribution in [2.24, 2.45) is 0 Å². The molecule has 148 valence electrons. The number of rotatable bonds is 7. The Bertz CT molecular complexity index is 1040. The second-order valence-electron chi connectivity index (χ2n) is 6.42. The summed E-state index contributed by atoms with van der Waals surface area (Å²) in [5.41, 5.74) is 1.63. The third kappa shape index (κ3) is 4.29. The van der Waals surface area contributed by atoms with Crippen LogP contribution in [0.4, 0.5) is 5.69 Å². The Labute approximate surface area is 171 Å². The van der Waals surface area contributed by atoms with E-state index in [9.17, 15) is 9.59 Å². The van der Waals surface area contributed by atoms with E-state index in [1.807, 2.05) is 51.1 Å². The Kier molecular flexibility index (Phi) is 6.53. The molecule has 1 atom stereocenters. The van der Waals surface area contributed by atoms with Gasteiger partial charge in [-0.05, 0) is 38.5 Å². The number of carbonyl (C=O) groups is 1. The van der Waals surface area contributed by atoms with Crippen LogP contribution in [0.2, 0.25) is 0 Å². The molecule has 2 heterocycles. The van der Waals surface area contributed by atoms with Crippen molar-refractivity contribution < 1.29 is 9.53 Å². The first-order chi connectivity index (χ1) is 13.4. The molecule has 0 fully saturated rings. The number of thiophene rings is 1. The molecule has 3 aromatic rings. The third-order valence-corrected chi connectivity index (χ3v) is 6.66. The first-order valence-electron chi connectivity index (χ1n) is 8.94. The van der Waals surface area contributed by atoms with Crippen LogP contribution in [0, 0.1) is 13.8 Å². The van der Waals surface area contributed by atoms with Crippen LogP contribution in [0.3, 0.4) is 0 Å². The average molecular weight is 418 g/mol. The molecule has 1 aromatic carbocycles. The van der Waals surface area contributed by atoms with Crippen molar-refractivity contribution in [2.75, 3.05) is 19.0 Å². The van der Waals surface area contributed by atoms with Gasteiger partial charge in [0.15, 0.2) is 5.16 Å². The van der Waals surface area contributed by atoms with Gasteiger partial charge in [-0.2, -0.15) is 0 Å². The number of thioether (sulfide) groups is 1. The van der Waals surface area contributed by atoms with Gasteiger partial charge in [-0.15, -0.1) is 11.3 Å². The van der Waals surface area contributed by atoms with Gasteiger partial charge in [-0.1, -0.05) is 30.0 Å². The number of benzene rings is 1. The molecule has 0 radical (unpaired) electrons. The number of carbonyl (C=O) groups excluding carboxylic acids is 1. The molecule has 0 bridgehead atoms. The molecule has 0 unspecified atom stereocenters. The van der Waals surface area contributed by atoms with E-state index >= 15 is 0 Å². The Morgan fingerprint density at radius 1 is 1.32 bits per heavy atom.